The number of nitrogens with one attached hydrogen (secondary N) is 2. The molecule has 0 aliphatic carbocycles. The van der Waals surface area contributed by atoms with Gasteiger partial charge in [-0.3, -0.25) is 14.6 Å². The van der Waals surface area contributed by atoms with E-state index in [2.05, 4.69) is 10.3 Å². The van der Waals surface area contributed by atoms with Crippen LogP contribution in [0.15, 0.2) is 34.1 Å². The van der Waals surface area contributed by atoms with E-state index in [0.29, 0.717) is 19.0 Å². The van der Waals surface area contributed by atoms with E-state index < -0.39 is 52.0 Å². The Labute approximate surface area is 183 Å². The molecule has 0 fully saturated rings. The zero-order chi connectivity index (χ0) is 24.1. The van der Waals surface area contributed by atoms with Crippen LogP contribution in [0.5, 0.6) is 5.75 Å². The first kappa shape index (κ1) is 25.2. The number of nitrogens with zero attached hydrogens (tertiary/aromatic N) is 1. The number of anilines is 1. The number of pyridine rings is 1. The van der Waals surface area contributed by atoms with Crippen molar-refractivity contribution in [3.05, 3.63) is 56.7 Å². The lowest BCUT2D eigenvalue weighted by Crippen LogP contribution is -2.32. The van der Waals surface area contributed by atoms with Gasteiger partial charge in [-0.15, -0.1) is 0 Å². The summed E-state index contributed by atoms with van der Waals surface area (Å²) >= 11 is 5.44. The number of aliphatic imine (C=N–C) groups is 1. The van der Waals surface area contributed by atoms with Gasteiger partial charge in [0.25, 0.3) is 11.5 Å². The van der Waals surface area contributed by atoms with Crippen LogP contribution in [0.25, 0.3) is 0 Å². The molecule has 0 radical (unpaired) electrons. The summed E-state index contributed by atoms with van der Waals surface area (Å²) in [5.74, 6) is -6.09. The number of carbonyl (C=O) groups excluding carboxylic acids is 1. The Hall–Kier alpha value is -3.10. The second-order valence-corrected chi connectivity index (χ2v) is 6.78. The van der Waals surface area contributed by atoms with Gasteiger partial charge in [0.05, 0.1) is 6.61 Å². The predicted molar refractivity (Wildman–Crippen MR) is 109 cm³/mol. The van der Waals surface area contributed by atoms with E-state index in [1.54, 1.807) is 0 Å². The standard InChI is InChI=1S/C13H10ClFN2O6.C5H9FN2O/c14-8-10(18)7(13(21,22)23)9(17-11(8)19)12(20)16-6-3-1-5(15)2-4-6;6-1-4-2-9-3-5(7)8-4/h1-4,21-23H,(H,16,20)(H2,17,18,19);4H,1-3H2,(H2,7,8). The molecule has 1 aliphatic heterocycles. The predicted octanol–water partition coefficient (Wildman–Crippen LogP) is -0.0756. The van der Waals surface area contributed by atoms with Crippen molar-refractivity contribution in [3.63, 3.8) is 0 Å². The summed E-state index contributed by atoms with van der Waals surface area (Å²) in [5, 5.41) is 38.8. The number of H-pyrrole nitrogens is 1. The zero-order valence-electron chi connectivity index (χ0n) is 16.2. The second-order valence-electron chi connectivity index (χ2n) is 6.41. The van der Waals surface area contributed by atoms with E-state index in [-0.39, 0.29) is 11.7 Å². The minimum absolute atomic E-state index is 0.108. The van der Waals surface area contributed by atoms with Gasteiger partial charge in [-0.05, 0) is 24.3 Å². The molecule has 0 bridgehead atoms. The van der Waals surface area contributed by atoms with Crippen molar-refractivity contribution in [1.29, 1.82) is 0 Å². The quantitative estimate of drug-likeness (QED) is 0.298. The molecule has 1 aliphatic rings. The average Bonchev–Trinajstić information content (AvgIpc) is 2.72. The normalized spacial score (nSPS) is 15.9. The summed E-state index contributed by atoms with van der Waals surface area (Å²) in [4.78, 5) is 29.3. The Kier molecular flexibility index (Phi) is 8.24. The van der Waals surface area contributed by atoms with E-state index in [0.717, 1.165) is 12.1 Å². The molecule has 8 N–H and O–H groups in total. The number of aliphatic hydroxyl groups is 3. The minimum Gasteiger partial charge on any atom is -0.505 e. The fourth-order valence-electron chi connectivity index (χ4n) is 2.48. The number of benzene rings is 1. The molecule has 2 heterocycles. The van der Waals surface area contributed by atoms with Crippen LogP contribution in [0.3, 0.4) is 0 Å². The highest BCUT2D eigenvalue weighted by molar-refractivity contribution is 6.32. The van der Waals surface area contributed by atoms with Crippen molar-refractivity contribution in [2.75, 3.05) is 25.2 Å². The van der Waals surface area contributed by atoms with Gasteiger partial charge in [-0.1, -0.05) is 11.6 Å². The molecular formula is C18H19ClF2N4O7. The van der Waals surface area contributed by atoms with E-state index in [4.69, 9.17) is 22.1 Å². The number of halogens is 3. The van der Waals surface area contributed by atoms with Crippen LogP contribution < -0.4 is 16.6 Å². The van der Waals surface area contributed by atoms with Crippen LogP contribution in [-0.4, -0.2) is 63.1 Å². The number of aromatic nitrogens is 1. The first-order valence-electron chi connectivity index (χ1n) is 8.79. The van der Waals surface area contributed by atoms with Crippen LogP contribution in [0.1, 0.15) is 16.1 Å². The molecule has 1 aromatic carbocycles. The summed E-state index contributed by atoms with van der Waals surface area (Å²) < 4.78 is 29.5. The summed E-state index contributed by atoms with van der Waals surface area (Å²) in [6.07, 6.45) is 0. The summed E-state index contributed by atoms with van der Waals surface area (Å²) in [5.41, 5.74) is 2.32. The summed E-state index contributed by atoms with van der Waals surface area (Å²) in [6, 6.07) is 4.13. The molecular weight excluding hydrogens is 458 g/mol. The van der Waals surface area contributed by atoms with Gasteiger partial charge in [-0.25, -0.2) is 8.78 Å². The lowest BCUT2D eigenvalue weighted by molar-refractivity contribution is -0.324. The number of aromatic amines is 1. The largest absolute Gasteiger partial charge is 0.505 e. The second kappa shape index (κ2) is 10.5. The average molecular weight is 477 g/mol. The first-order chi connectivity index (χ1) is 14.9. The molecule has 2 aromatic rings. The number of aromatic hydroxyl groups is 1. The molecule has 3 rings (SSSR count). The maximum Gasteiger partial charge on any atom is 0.310 e. The maximum atomic E-state index is 12.8. The Balaban J connectivity index is 0.000000336. The molecule has 0 saturated heterocycles. The number of rotatable bonds is 4. The van der Waals surface area contributed by atoms with Gasteiger partial charge < -0.3 is 41.2 Å². The van der Waals surface area contributed by atoms with Gasteiger partial charge >= 0.3 is 5.97 Å². The van der Waals surface area contributed by atoms with Crippen molar-refractivity contribution in [2.24, 2.45) is 10.7 Å². The topological polar surface area (TPSA) is 190 Å². The van der Waals surface area contributed by atoms with E-state index in [1.165, 1.54) is 12.1 Å². The third-order valence-corrected chi connectivity index (χ3v) is 4.23. The number of ether oxygens (including phenoxy) is 1. The van der Waals surface area contributed by atoms with Crippen molar-refractivity contribution >= 4 is 29.0 Å². The molecule has 1 unspecified atom stereocenters. The number of amidine groups is 1. The smallest absolute Gasteiger partial charge is 0.310 e. The molecule has 11 nitrogen and oxygen atoms in total. The molecule has 0 spiro atoms. The number of amides is 1. The molecule has 1 atom stereocenters. The molecule has 14 heteroatoms. The number of nitrogens with two attached hydrogens (primary N) is 1. The number of carbonyl (C=O) groups is 1. The lowest BCUT2D eigenvalue weighted by Gasteiger charge is -2.19. The van der Waals surface area contributed by atoms with Crippen molar-refractivity contribution in [2.45, 2.75) is 12.0 Å². The van der Waals surface area contributed by atoms with Gasteiger partial charge in [0.15, 0.2) is 5.75 Å². The Bertz CT molecular complexity index is 1060. The van der Waals surface area contributed by atoms with Crippen LogP contribution >= 0.6 is 11.6 Å². The Morgan fingerprint density at radius 1 is 1.34 bits per heavy atom. The Morgan fingerprint density at radius 2 is 1.97 bits per heavy atom. The van der Waals surface area contributed by atoms with Crippen molar-refractivity contribution in [1.82, 2.24) is 4.98 Å². The fourth-order valence-corrected chi connectivity index (χ4v) is 2.62. The monoisotopic (exact) mass is 476 g/mol. The molecule has 32 heavy (non-hydrogen) atoms. The van der Waals surface area contributed by atoms with Crippen molar-refractivity contribution in [3.8, 4) is 5.75 Å². The highest BCUT2D eigenvalue weighted by atomic mass is 35.5. The lowest BCUT2D eigenvalue weighted by atomic mass is 10.1. The SMILES string of the molecule is NC1=NC(CF)COC1.O=C(Nc1ccc(F)cc1)c1[nH]c(=O)c(Cl)c(O)c1C(O)(O)O. The third kappa shape index (κ3) is 6.45. The fraction of sp³-hybridized carbons (Fsp3) is 0.278. The number of hydrogen-bond donors (Lipinski definition) is 7. The van der Waals surface area contributed by atoms with Gasteiger partial charge in [0.1, 0.15) is 47.3 Å². The minimum atomic E-state index is -3.65. The summed E-state index contributed by atoms with van der Waals surface area (Å²) in [7, 11) is 0. The first-order valence-corrected chi connectivity index (χ1v) is 9.17. The maximum absolute atomic E-state index is 12.8. The zero-order valence-corrected chi connectivity index (χ0v) is 16.9. The number of hydrogen-bond acceptors (Lipinski definition) is 9. The molecule has 1 amide bonds. The molecule has 174 valence electrons. The third-order valence-electron chi connectivity index (χ3n) is 3.88. The van der Waals surface area contributed by atoms with Crippen LogP contribution in [0, 0.1) is 5.82 Å². The highest BCUT2D eigenvalue weighted by Crippen LogP contribution is 2.32. The van der Waals surface area contributed by atoms with E-state index >= 15 is 0 Å². The Morgan fingerprint density at radius 3 is 2.47 bits per heavy atom. The summed E-state index contributed by atoms with van der Waals surface area (Å²) in [6.45, 7) is 0.217. The number of alkyl halides is 1. The van der Waals surface area contributed by atoms with Crippen LogP contribution in [0.4, 0.5) is 14.5 Å². The molecule has 0 saturated carbocycles. The van der Waals surface area contributed by atoms with Gasteiger partial charge in [0.2, 0.25) is 0 Å². The van der Waals surface area contributed by atoms with E-state index in [1.807, 2.05) is 4.98 Å². The van der Waals surface area contributed by atoms with Crippen LogP contribution in [-0.2, 0) is 10.7 Å². The van der Waals surface area contributed by atoms with Gasteiger partial charge in [-0.2, -0.15) is 0 Å². The van der Waals surface area contributed by atoms with Crippen LogP contribution in [0.2, 0.25) is 5.02 Å². The van der Waals surface area contributed by atoms with Gasteiger partial charge in [0, 0.05) is 5.69 Å². The molecule has 1 aromatic heterocycles. The van der Waals surface area contributed by atoms with E-state index in [9.17, 15) is 38.8 Å². The highest BCUT2D eigenvalue weighted by Gasteiger charge is 2.35. The van der Waals surface area contributed by atoms with Crippen molar-refractivity contribution < 1.29 is 38.7 Å².